The Bertz CT molecular complexity index is 624. The first-order valence-electron chi connectivity index (χ1n) is 8.85. The van der Waals surface area contributed by atoms with Crippen LogP contribution in [0.2, 0.25) is 0 Å². The third-order valence-corrected chi connectivity index (χ3v) is 5.49. The smallest absolute Gasteiger partial charge is 0.332 e. The molecule has 1 unspecified atom stereocenters. The first kappa shape index (κ1) is 16.7. The van der Waals surface area contributed by atoms with Gasteiger partial charge in [0.15, 0.2) is 0 Å². The molecule has 2 fully saturated rings. The van der Waals surface area contributed by atoms with E-state index in [4.69, 9.17) is 0 Å². The normalized spacial score (nSPS) is 25.2. The molecule has 0 bridgehead atoms. The zero-order chi connectivity index (χ0) is 17.1. The molecule has 1 heterocycles. The Hall–Kier alpha value is -2.10. The third-order valence-electron chi connectivity index (χ3n) is 5.49. The van der Waals surface area contributed by atoms with Crippen molar-refractivity contribution in [3.63, 3.8) is 0 Å². The number of carbonyl (C=O) groups excluding carboxylic acids is 1. The van der Waals surface area contributed by atoms with Crippen LogP contribution in [0.5, 0.6) is 0 Å². The van der Waals surface area contributed by atoms with Gasteiger partial charge in [0.25, 0.3) is 0 Å². The second-order valence-electron chi connectivity index (χ2n) is 7.09. The lowest BCUT2D eigenvalue weighted by Crippen LogP contribution is -2.35. The van der Waals surface area contributed by atoms with E-state index in [1.807, 2.05) is 35.2 Å². The fraction of sp³-hybridized carbons (Fsp3) is 0.500. The van der Waals surface area contributed by atoms with Gasteiger partial charge in [-0.3, -0.25) is 4.79 Å². The van der Waals surface area contributed by atoms with Crippen LogP contribution >= 0.6 is 0 Å². The number of nitrogens with zero attached hydrogens (tertiary/aromatic N) is 1. The lowest BCUT2D eigenvalue weighted by Gasteiger charge is -2.22. The van der Waals surface area contributed by atoms with Crippen molar-refractivity contribution < 1.29 is 14.7 Å². The monoisotopic (exact) mass is 327 g/mol. The van der Waals surface area contributed by atoms with E-state index in [1.54, 1.807) is 13.0 Å². The van der Waals surface area contributed by atoms with E-state index < -0.39 is 11.9 Å². The molecular weight excluding hydrogens is 302 g/mol. The van der Waals surface area contributed by atoms with Crippen LogP contribution in [0, 0.1) is 17.8 Å². The van der Waals surface area contributed by atoms with Gasteiger partial charge in [-0.25, -0.2) is 4.79 Å². The topological polar surface area (TPSA) is 57.6 Å². The molecule has 4 heteroatoms. The average molecular weight is 327 g/mol. The molecule has 1 amide bonds. The first-order valence-corrected chi connectivity index (χ1v) is 8.85. The fourth-order valence-electron chi connectivity index (χ4n) is 4.09. The van der Waals surface area contributed by atoms with Crippen molar-refractivity contribution in [1.82, 2.24) is 4.90 Å². The van der Waals surface area contributed by atoms with Crippen molar-refractivity contribution in [3.8, 4) is 0 Å². The van der Waals surface area contributed by atoms with Crippen LogP contribution in [-0.4, -0.2) is 35.0 Å². The van der Waals surface area contributed by atoms with E-state index in [2.05, 4.69) is 0 Å². The van der Waals surface area contributed by atoms with Gasteiger partial charge < -0.3 is 10.0 Å². The van der Waals surface area contributed by atoms with Gasteiger partial charge in [-0.1, -0.05) is 43.2 Å². The minimum Gasteiger partial charge on any atom is -0.478 e. The SMILES string of the molecule is CC(C(=O)N1C[C@H]2CCCC[C@H]2C1)/C(=C\c1ccccc1)C(=O)O. The number of rotatable bonds is 4. The van der Waals surface area contributed by atoms with Crippen molar-refractivity contribution >= 4 is 18.0 Å². The van der Waals surface area contributed by atoms with Crippen LogP contribution in [0.3, 0.4) is 0 Å². The van der Waals surface area contributed by atoms with Gasteiger partial charge in [0.1, 0.15) is 0 Å². The molecule has 1 N–H and O–H groups in total. The Morgan fingerprint density at radius 3 is 2.25 bits per heavy atom. The van der Waals surface area contributed by atoms with Crippen molar-refractivity contribution in [1.29, 1.82) is 0 Å². The molecule has 0 aromatic heterocycles. The Morgan fingerprint density at radius 2 is 1.71 bits per heavy atom. The molecule has 2 aliphatic rings. The number of carboxylic acids is 1. The predicted molar refractivity (Wildman–Crippen MR) is 93.2 cm³/mol. The van der Waals surface area contributed by atoms with Gasteiger partial charge in [-0.15, -0.1) is 0 Å². The summed E-state index contributed by atoms with van der Waals surface area (Å²) in [6, 6.07) is 9.32. The highest BCUT2D eigenvalue weighted by molar-refractivity contribution is 5.99. The van der Waals surface area contributed by atoms with E-state index in [0.29, 0.717) is 11.8 Å². The highest BCUT2D eigenvalue weighted by atomic mass is 16.4. The van der Waals surface area contributed by atoms with Crippen molar-refractivity contribution in [3.05, 3.63) is 41.5 Å². The zero-order valence-electron chi connectivity index (χ0n) is 14.1. The molecule has 1 saturated heterocycles. The van der Waals surface area contributed by atoms with Crippen LogP contribution in [-0.2, 0) is 9.59 Å². The van der Waals surface area contributed by atoms with Crippen LogP contribution in [0.4, 0.5) is 0 Å². The summed E-state index contributed by atoms with van der Waals surface area (Å²) in [4.78, 5) is 26.4. The summed E-state index contributed by atoms with van der Waals surface area (Å²) in [5.41, 5.74) is 0.978. The maximum atomic E-state index is 12.8. The van der Waals surface area contributed by atoms with E-state index in [0.717, 1.165) is 18.7 Å². The Kier molecular flexibility index (Phi) is 5.03. The largest absolute Gasteiger partial charge is 0.478 e. The molecule has 1 aliphatic carbocycles. The van der Waals surface area contributed by atoms with E-state index in [-0.39, 0.29) is 11.5 Å². The number of carbonyl (C=O) groups is 2. The standard InChI is InChI=1S/C20H25NO3/c1-14(18(20(23)24)11-15-7-3-2-4-8-15)19(22)21-12-16-9-5-6-10-17(16)13-21/h2-4,7-8,11,14,16-17H,5-6,9-10,12-13H2,1H3,(H,23,24)/b18-11+/t14?,16-,17+. The molecule has 0 spiro atoms. The lowest BCUT2D eigenvalue weighted by atomic mass is 9.82. The summed E-state index contributed by atoms with van der Waals surface area (Å²) in [7, 11) is 0. The Morgan fingerprint density at radius 1 is 1.12 bits per heavy atom. The number of hydrogen-bond acceptors (Lipinski definition) is 2. The van der Waals surface area contributed by atoms with E-state index in [9.17, 15) is 14.7 Å². The summed E-state index contributed by atoms with van der Waals surface area (Å²) in [6.45, 7) is 3.31. The number of hydrogen-bond donors (Lipinski definition) is 1. The Labute approximate surface area is 143 Å². The highest BCUT2D eigenvalue weighted by Gasteiger charge is 2.38. The first-order chi connectivity index (χ1) is 11.6. The summed E-state index contributed by atoms with van der Waals surface area (Å²) in [6.07, 6.45) is 6.54. The number of fused-ring (bicyclic) bond motifs is 1. The number of aliphatic carboxylic acids is 1. The van der Waals surface area contributed by atoms with Gasteiger partial charge in [0, 0.05) is 18.7 Å². The molecule has 24 heavy (non-hydrogen) atoms. The molecule has 3 rings (SSSR count). The predicted octanol–water partition coefficient (Wildman–Crippen LogP) is 3.44. The maximum Gasteiger partial charge on any atom is 0.332 e. The molecule has 128 valence electrons. The van der Waals surface area contributed by atoms with Gasteiger partial charge in [0.05, 0.1) is 5.92 Å². The number of amides is 1. The average Bonchev–Trinajstić information content (AvgIpc) is 3.03. The fourth-order valence-corrected chi connectivity index (χ4v) is 4.09. The van der Waals surface area contributed by atoms with E-state index >= 15 is 0 Å². The molecule has 1 aromatic rings. The quantitative estimate of drug-likeness (QED) is 0.862. The molecule has 1 saturated carbocycles. The van der Waals surface area contributed by atoms with Crippen molar-refractivity contribution in [2.75, 3.05) is 13.1 Å². The zero-order valence-corrected chi connectivity index (χ0v) is 14.1. The van der Waals surface area contributed by atoms with Crippen LogP contribution in [0.1, 0.15) is 38.2 Å². The summed E-state index contributed by atoms with van der Waals surface area (Å²) in [5.74, 6) is -0.462. The molecule has 3 atom stereocenters. The molecule has 0 radical (unpaired) electrons. The second kappa shape index (κ2) is 7.20. The lowest BCUT2D eigenvalue weighted by molar-refractivity contribution is -0.138. The van der Waals surface area contributed by atoms with Gasteiger partial charge in [-0.05, 0) is 43.2 Å². The second-order valence-corrected chi connectivity index (χ2v) is 7.09. The summed E-state index contributed by atoms with van der Waals surface area (Å²) < 4.78 is 0. The van der Waals surface area contributed by atoms with Crippen LogP contribution in [0.15, 0.2) is 35.9 Å². The summed E-state index contributed by atoms with van der Waals surface area (Å²) in [5, 5.41) is 9.56. The van der Waals surface area contributed by atoms with E-state index in [1.165, 1.54) is 25.7 Å². The molecule has 1 aliphatic heterocycles. The van der Waals surface area contributed by atoms with Gasteiger partial charge in [-0.2, -0.15) is 0 Å². The number of carboxylic acid groups (broad SMARTS) is 1. The minimum atomic E-state index is -1.02. The number of benzene rings is 1. The van der Waals surface area contributed by atoms with Crippen LogP contribution < -0.4 is 0 Å². The minimum absolute atomic E-state index is 0.0472. The highest BCUT2D eigenvalue weighted by Crippen LogP contribution is 2.37. The molecular formula is C20H25NO3. The molecule has 4 nitrogen and oxygen atoms in total. The Balaban J connectivity index is 1.75. The summed E-state index contributed by atoms with van der Waals surface area (Å²) >= 11 is 0. The van der Waals surface area contributed by atoms with Crippen molar-refractivity contribution in [2.45, 2.75) is 32.6 Å². The number of likely N-dealkylation sites (tertiary alicyclic amines) is 1. The third kappa shape index (κ3) is 3.53. The molecule has 1 aromatic carbocycles. The van der Waals surface area contributed by atoms with Gasteiger partial charge >= 0.3 is 5.97 Å². The maximum absolute atomic E-state index is 12.8. The van der Waals surface area contributed by atoms with Gasteiger partial charge in [0.2, 0.25) is 5.91 Å². The van der Waals surface area contributed by atoms with Crippen LogP contribution in [0.25, 0.3) is 6.08 Å². The van der Waals surface area contributed by atoms with Crippen molar-refractivity contribution in [2.24, 2.45) is 17.8 Å².